The summed E-state index contributed by atoms with van der Waals surface area (Å²) in [7, 11) is 4.32. The first-order valence-electron chi connectivity index (χ1n) is 7.81. The van der Waals surface area contributed by atoms with Crippen molar-refractivity contribution >= 4 is 0 Å². The Kier molecular flexibility index (Phi) is 6.65. The highest BCUT2D eigenvalue weighted by molar-refractivity contribution is 4.87. The van der Waals surface area contributed by atoms with E-state index in [4.69, 9.17) is 0 Å². The third-order valence-electron chi connectivity index (χ3n) is 4.53. The normalized spacial score (nSPS) is 31.0. The summed E-state index contributed by atoms with van der Waals surface area (Å²) in [5, 5.41) is 3.91. The second kappa shape index (κ2) is 7.49. The summed E-state index contributed by atoms with van der Waals surface area (Å²) < 4.78 is 0. The molecule has 1 aliphatic carbocycles. The van der Waals surface area contributed by atoms with Gasteiger partial charge in [0.1, 0.15) is 0 Å². The molecular weight excluding hydrogens is 220 g/mol. The average Bonchev–Trinajstić information content (AvgIpc) is 2.26. The van der Waals surface area contributed by atoms with Crippen LogP contribution in [0.3, 0.4) is 0 Å². The number of nitrogens with zero attached hydrogens (tertiary/aromatic N) is 1. The van der Waals surface area contributed by atoms with Crippen LogP contribution in [-0.2, 0) is 0 Å². The lowest BCUT2D eigenvalue weighted by atomic mass is 9.74. The topological polar surface area (TPSA) is 15.3 Å². The SMILES string of the molecule is CC1CCC(C(C)C)C(NC(C)CCN(C)C)C1. The zero-order valence-corrected chi connectivity index (χ0v) is 13.4. The molecule has 2 heteroatoms. The van der Waals surface area contributed by atoms with Crippen molar-refractivity contribution in [1.82, 2.24) is 10.2 Å². The maximum Gasteiger partial charge on any atom is 0.0103 e. The van der Waals surface area contributed by atoms with E-state index in [0.717, 1.165) is 23.8 Å². The third-order valence-corrected chi connectivity index (χ3v) is 4.53. The number of rotatable bonds is 6. The lowest BCUT2D eigenvalue weighted by Gasteiger charge is -2.39. The quantitative estimate of drug-likeness (QED) is 0.782. The van der Waals surface area contributed by atoms with E-state index in [1.54, 1.807) is 0 Å². The summed E-state index contributed by atoms with van der Waals surface area (Å²) in [6, 6.07) is 1.38. The van der Waals surface area contributed by atoms with Gasteiger partial charge in [0, 0.05) is 12.1 Å². The van der Waals surface area contributed by atoms with E-state index in [9.17, 15) is 0 Å². The standard InChI is InChI=1S/C16H34N2/c1-12(2)15-8-7-13(3)11-16(15)17-14(4)9-10-18(5)6/h12-17H,7-11H2,1-6H3. The fraction of sp³-hybridized carbons (Fsp3) is 1.00. The predicted molar refractivity (Wildman–Crippen MR) is 80.9 cm³/mol. The Hall–Kier alpha value is -0.0800. The smallest absolute Gasteiger partial charge is 0.0103 e. The first-order valence-corrected chi connectivity index (χ1v) is 7.81. The van der Waals surface area contributed by atoms with E-state index in [0.29, 0.717) is 6.04 Å². The number of nitrogens with one attached hydrogen (secondary N) is 1. The molecule has 0 bridgehead atoms. The van der Waals surface area contributed by atoms with Gasteiger partial charge in [-0.2, -0.15) is 0 Å². The molecule has 1 saturated carbocycles. The van der Waals surface area contributed by atoms with Crippen LogP contribution in [0, 0.1) is 17.8 Å². The molecule has 1 aliphatic rings. The predicted octanol–water partition coefficient (Wildman–Crippen LogP) is 3.38. The van der Waals surface area contributed by atoms with Crippen LogP contribution in [0.5, 0.6) is 0 Å². The van der Waals surface area contributed by atoms with Gasteiger partial charge in [-0.05, 0) is 64.6 Å². The molecule has 1 fully saturated rings. The minimum Gasteiger partial charge on any atom is -0.311 e. The monoisotopic (exact) mass is 254 g/mol. The van der Waals surface area contributed by atoms with Crippen LogP contribution in [0.25, 0.3) is 0 Å². The van der Waals surface area contributed by atoms with E-state index >= 15 is 0 Å². The van der Waals surface area contributed by atoms with Gasteiger partial charge in [0.2, 0.25) is 0 Å². The molecule has 1 rings (SSSR count). The van der Waals surface area contributed by atoms with E-state index < -0.39 is 0 Å². The minimum absolute atomic E-state index is 0.643. The molecule has 4 atom stereocenters. The fourth-order valence-corrected chi connectivity index (χ4v) is 3.29. The van der Waals surface area contributed by atoms with Crippen molar-refractivity contribution in [2.45, 2.75) is 65.5 Å². The first-order chi connectivity index (χ1) is 8.40. The maximum absolute atomic E-state index is 3.91. The molecule has 1 N–H and O–H groups in total. The zero-order chi connectivity index (χ0) is 13.7. The van der Waals surface area contributed by atoms with Crippen LogP contribution in [0.4, 0.5) is 0 Å². The average molecular weight is 254 g/mol. The summed E-state index contributed by atoms with van der Waals surface area (Å²) in [6.45, 7) is 10.7. The van der Waals surface area contributed by atoms with Crippen molar-refractivity contribution in [3.05, 3.63) is 0 Å². The van der Waals surface area contributed by atoms with Crippen molar-refractivity contribution in [3.8, 4) is 0 Å². The summed E-state index contributed by atoms with van der Waals surface area (Å²) in [5.74, 6) is 2.60. The lowest BCUT2D eigenvalue weighted by molar-refractivity contribution is 0.157. The maximum atomic E-state index is 3.91. The van der Waals surface area contributed by atoms with Gasteiger partial charge >= 0.3 is 0 Å². The first kappa shape index (κ1) is 16.0. The van der Waals surface area contributed by atoms with Gasteiger partial charge in [0.15, 0.2) is 0 Å². The van der Waals surface area contributed by atoms with Gasteiger partial charge in [0.25, 0.3) is 0 Å². The Labute approximate surface area is 115 Å². The Morgan fingerprint density at radius 3 is 2.39 bits per heavy atom. The van der Waals surface area contributed by atoms with Crippen molar-refractivity contribution in [3.63, 3.8) is 0 Å². The highest BCUT2D eigenvalue weighted by Crippen LogP contribution is 2.33. The van der Waals surface area contributed by atoms with Gasteiger partial charge in [-0.15, -0.1) is 0 Å². The highest BCUT2D eigenvalue weighted by Gasteiger charge is 2.31. The lowest BCUT2D eigenvalue weighted by Crippen LogP contribution is -2.47. The molecule has 4 unspecified atom stereocenters. The molecular formula is C16H34N2. The molecule has 0 amide bonds. The molecule has 0 aromatic rings. The molecule has 0 aromatic carbocycles. The Balaban J connectivity index is 2.44. The van der Waals surface area contributed by atoms with Crippen molar-refractivity contribution < 1.29 is 0 Å². The minimum atomic E-state index is 0.643. The van der Waals surface area contributed by atoms with Gasteiger partial charge in [-0.25, -0.2) is 0 Å². The molecule has 0 saturated heterocycles. The molecule has 2 nitrogen and oxygen atoms in total. The Morgan fingerprint density at radius 2 is 1.83 bits per heavy atom. The molecule has 0 heterocycles. The molecule has 108 valence electrons. The molecule has 0 aromatic heterocycles. The molecule has 0 aliphatic heterocycles. The number of hydrogen-bond acceptors (Lipinski definition) is 2. The van der Waals surface area contributed by atoms with E-state index in [1.165, 1.54) is 32.2 Å². The van der Waals surface area contributed by atoms with Gasteiger partial charge in [0.05, 0.1) is 0 Å². The van der Waals surface area contributed by atoms with Crippen molar-refractivity contribution in [1.29, 1.82) is 0 Å². The largest absolute Gasteiger partial charge is 0.311 e. The summed E-state index contributed by atoms with van der Waals surface area (Å²) >= 11 is 0. The van der Waals surface area contributed by atoms with Crippen molar-refractivity contribution in [2.24, 2.45) is 17.8 Å². The van der Waals surface area contributed by atoms with Crippen molar-refractivity contribution in [2.75, 3.05) is 20.6 Å². The van der Waals surface area contributed by atoms with Crippen LogP contribution in [0.15, 0.2) is 0 Å². The van der Waals surface area contributed by atoms with Gasteiger partial charge in [-0.3, -0.25) is 0 Å². The Bertz CT molecular complexity index is 225. The number of hydrogen-bond donors (Lipinski definition) is 1. The van der Waals surface area contributed by atoms with Crippen LogP contribution in [0.2, 0.25) is 0 Å². The molecule has 0 radical (unpaired) electrons. The Morgan fingerprint density at radius 1 is 1.17 bits per heavy atom. The summed E-state index contributed by atoms with van der Waals surface area (Å²) in [4.78, 5) is 2.28. The van der Waals surface area contributed by atoms with Crippen LogP contribution >= 0.6 is 0 Å². The molecule has 18 heavy (non-hydrogen) atoms. The van der Waals surface area contributed by atoms with E-state index in [1.807, 2.05) is 0 Å². The van der Waals surface area contributed by atoms with Crippen LogP contribution in [-0.4, -0.2) is 37.6 Å². The van der Waals surface area contributed by atoms with E-state index in [2.05, 4.69) is 52.0 Å². The van der Waals surface area contributed by atoms with Gasteiger partial charge in [-0.1, -0.05) is 27.2 Å². The van der Waals surface area contributed by atoms with Crippen LogP contribution in [0.1, 0.15) is 53.4 Å². The summed E-state index contributed by atoms with van der Waals surface area (Å²) in [5.41, 5.74) is 0. The zero-order valence-electron chi connectivity index (χ0n) is 13.4. The second-order valence-corrected chi connectivity index (χ2v) is 7.09. The highest BCUT2D eigenvalue weighted by atomic mass is 15.1. The van der Waals surface area contributed by atoms with Gasteiger partial charge < -0.3 is 10.2 Å². The summed E-state index contributed by atoms with van der Waals surface area (Å²) in [6.07, 6.45) is 5.46. The third kappa shape index (κ3) is 5.27. The fourth-order valence-electron chi connectivity index (χ4n) is 3.29. The second-order valence-electron chi connectivity index (χ2n) is 7.09. The molecule has 0 spiro atoms. The van der Waals surface area contributed by atoms with Crippen LogP contribution < -0.4 is 5.32 Å². The van der Waals surface area contributed by atoms with E-state index in [-0.39, 0.29) is 0 Å².